The van der Waals surface area contributed by atoms with Gasteiger partial charge >= 0.3 is 0 Å². The smallest absolute Gasteiger partial charge is 0.193 e. The van der Waals surface area contributed by atoms with Crippen LogP contribution >= 0.6 is 35.3 Å². The summed E-state index contributed by atoms with van der Waals surface area (Å²) in [5, 5.41) is 5.47. The van der Waals surface area contributed by atoms with E-state index >= 15 is 0 Å². The molecule has 0 bridgehead atoms. The lowest BCUT2D eigenvalue weighted by Gasteiger charge is -2.23. The van der Waals surface area contributed by atoms with E-state index in [1.165, 1.54) is 10.9 Å². The molecule has 126 valence electrons. The molecular weight excluding hydrogens is 424 g/mol. The fourth-order valence-electron chi connectivity index (χ4n) is 2.29. The third-order valence-electron chi connectivity index (χ3n) is 3.48. The molecule has 0 amide bonds. The number of nitrogens with zero attached hydrogens (tertiary/aromatic N) is 2. The van der Waals surface area contributed by atoms with Crippen molar-refractivity contribution < 1.29 is 4.39 Å². The van der Waals surface area contributed by atoms with Crippen LogP contribution in [0.25, 0.3) is 0 Å². The van der Waals surface area contributed by atoms with Crippen molar-refractivity contribution in [3.05, 3.63) is 58.0 Å². The van der Waals surface area contributed by atoms with Gasteiger partial charge in [-0.2, -0.15) is 0 Å². The van der Waals surface area contributed by atoms with Gasteiger partial charge in [0.25, 0.3) is 0 Å². The topological polar surface area (TPSA) is 27.6 Å². The molecule has 0 saturated carbocycles. The van der Waals surface area contributed by atoms with Crippen molar-refractivity contribution in [1.29, 1.82) is 0 Å². The first-order valence-corrected chi connectivity index (χ1v) is 8.17. The Morgan fingerprint density at radius 1 is 1.35 bits per heavy atom. The molecule has 1 unspecified atom stereocenters. The van der Waals surface area contributed by atoms with Crippen molar-refractivity contribution in [2.75, 3.05) is 20.6 Å². The normalized spacial score (nSPS) is 12.4. The lowest BCUT2D eigenvalue weighted by molar-refractivity contribution is 0.472. The van der Waals surface area contributed by atoms with Crippen LogP contribution in [0.4, 0.5) is 4.39 Å². The summed E-state index contributed by atoms with van der Waals surface area (Å²) in [6, 6.07) is 10.9. The second kappa shape index (κ2) is 9.87. The summed E-state index contributed by atoms with van der Waals surface area (Å²) in [6.07, 6.45) is 0. The number of thiophene rings is 1. The molecule has 2 aromatic rings. The van der Waals surface area contributed by atoms with Crippen LogP contribution in [0.1, 0.15) is 23.3 Å². The van der Waals surface area contributed by atoms with Gasteiger partial charge in [0.05, 0.1) is 0 Å². The van der Waals surface area contributed by atoms with E-state index in [0.29, 0.717) is 12.5 Å². The summed E-state index contributed by atoms with van der Waals surface area (Å²) in [5.74, 6) is 1.03. The van der Waals surface area contributed by atoms with Gasteiger partial charge in [0, 0.05) is 38.0 Å². The predicted octanol–water partition coefficient (Wildman–Crippen LogP) is 4.32. The minimum atomic E-state index is -0.208. The van der Waals surface area contributed by atoms with Gasteiger partial charge in [0.1, 0.15) is 5.82 Å². The molecule has 23 heavy (non-hydrogen) atoms. The molecule has 1 aromatic heterocycles. The van der Waals surface area contributed by atoms with Crippen LogP contribution in [0, 0.1) is 5.82 Å². The van der Waals surface area contributed by atoms with Crippen molar-refractivity contribution in [1.82, 2.24) is 10.2 Å². The van der Waals surface area contributed by atoms with E-state index in [-0.39, 0.29) is 29.8 Å². The van der Waals surface area contributed by atoms with Crippen LogP contribution in [0.3, 0.4) is 0 Å². The Bertz CT molecular complexity index is 616. The third kappa shape index (κ3) is 6.10. The molecule has 0 aliphatic heterocycles. The summed E-state index contributed by atoms with van der Waals surface area (Å²) in [7, 11) is 3.72. The Hall–Kier alpha value is -1.15. The molecule has 2 rings (SSSR count). The molecule has 0 radical (unpaired) electrons. The van der Waals surface area contributed by atoms with Gasteiger partial charge < -0.3 is 10.2 Å². The summed E-state index contributed by atoms with van der Waals surface area (Å²) < 4.78 is 13.2. The van der Waals surface area contributed by atoms with Gasteiger partial charge in [0.15, 0.2) is 5.96 Å². The van der Waals surface area contributed by atoms with Crippen molar-refractivity contribution in [3.8, 4) is 0 Å². The average molecular weight is 447 g/mol. The fourth-order valence-corrected chi connectivity index (χ4v) is 3.07. The number of hydrogen-bond acceptors (Lipinski definition) is 2. The van der Waals surface area contributed by atoms with E-state index in [0.717, 1.165) is 18.1 Å². The zero-order valence-corrected chi connectivity index (χ0v) is 16.8. The first-order chi connectivity index (χ1) is 10.6. The first-order valence-electron chi connectivity index (χ1n) is 7.29. The molecule has 0 fully saturated rings. The number of guanidine groups is 1. The minimum Gasteiger partial charge on any atom is -0.356 e. The molecule has 1 N–H and O–H groups in total. The van der Waals surface area contributed by atoms with E-state index in [1.54, 1.807) is 30.5 Å². The number of aliphatic imine (C=N–C) groups is 1. The highest BCUT2D eigenvalue weighted by Gasteiger charge is 2.10. The Morgan fingerprint density at radius 3 is 2.74 bits per heavy atom. The molecule has 0 saturated heterocycles. The summed E-state index contributed by atoms with van der Waals surface area (Å²) in [6.45, 7) is 3.63. The second-order valence-corrected chi connectivity index (χ2v) is 6.31. The number of halogens is 2. The van der Waals surface area contributed by atoms with Crippen molar-refractivity contribution >= 4 is 41.3 Å². The molecular formula is C17H23FIN3S. The number of hydrogen-bond donors (Lipinski definition) is 1. The van der Waals surface area contributed by atoms with Gasteiger partial charge in [-0.05, 0) is 29.1 Å². The van der Waals surface area contributed by atoms with Gasteiger partial charge in [-0.3, -0.25) is 4.99 Å². The highest BCUT2D eigenvalue weighted by molar-refractivity contribution is 14.0. The van der Waals surface area contributed by atoms with Gasteiger partial charge in [-0.15, -0.1) is 35.3 Å². The monoisotopic (exact) mass is 447 g/mol. The largest absolute Gasteiger partial charge is 0.356 e. The van der Waals surface area contributed by atoms with Crippen LogP contribution in [0.5, 0.6) is 0 Å². The molecule has 0 aliphatic carbocycles. The minimum absolute atomic E-state index is 0. The standard InChI is InChI=1S/C17H22FN3S.HI/c1-13(16-8-5-9-22-16)11-20-17(19-2)21(3)12-14-6-4-7-15(18)10-14;/h4-10,13H,11-12H2,1-3H3,(H,19,20);1H. The summed E-state index contributed by atoms with van der Waals surface area (Å²) in [5.41, 5.74) is 0.928. The van der Waals surface area contributed by atoms with E-state index < -0.39 is 0 Å². The average Bonchev–Trinajstić information content (AvgIpc) is 3.02. The molecule has 1 aromatic carbocycles. The zero-order chi connectivity index (χ0) is 15.9. The highest BCUT2D eigenvalue weighted by Crippen LogP contribution is 2.19. The summed E-state index contributed by atoms with van der Waals surface area (Å²) in [4.78, 5) is 7.65. The fraction of sp³-hybridized carbons (Fsp3) is 0.353. The number of rotatable bonds is 5. The van der Waals surface area contributed by atoms with Gasteiger partial charge in [-0.25, -0.2) is 4.39 Å². The van der Waals surface area contributed by atoms with E-state index in [1.807, 2.05) is 18.0 Å². The van der Waals surface area contributed by atoms with Crippen LogP contribution in [0.2, 0.25) is 0 Å². The second-order valence-electron chi connectivity index (χ2n) is 5.33. The quantitative estimate of drug-likeness (QED) is 0.420. The van der Waals surface area contributed by atoms with Gasteiger partial charge in [-0.1, -0.05) is 25.1 Å². The number of benzene rings is 1. The van der Waals surface area contributed by atoms with Crippen LogP contribution in [0.15, 0.2) is 46.8 Å². The highest BCUT2D eigenvalue weighted by atomic mass is 127. The molecule has 1 atom stereocenters. The maximum Gasteiger partial charge on any atom is 0.193 e. The van der Waals surface area contributed by atoms with E-state index in [9.17, 15) is 4.39 Å². The maximum atomic E-state index is 13.2. The number of nitrogens with one attached hydrogen (secondary N) is 1. The van der Waals surface area contributed by atoms with Crippen LogP contribution in [-0.4, -0.2) is 31.5 Å². The Balaban J connectivity index is 0.00000264. The lowest BCUT2D eigenvalue weighted by Crippen LogP contribution is -2.39. The molecule has 0 aliphatic rings. The Labute approximate surface area is 158 Å². The SMILES string of the molecule is CN=C(NCC(C)c1cccs1)N(C)Cc1cccc(F)c1.I. The Kier molecular flexibility index (Phi) is 8.54. The van der Waals surface area contributed by atoms with Crippen molar-refractivity contribution in [2.24, 2.45) is 4.99 Å². The van der Waals surface area contributed by atoms with Crippen LogP contribution < -0.4 is 5.32 Å². The van der Waals surface area contributed by atoms with Gasteiger partial charge in [0.2, 0.25) is 0 Å². The lowest BCUT2D eigenvalue weighted by atomic mass is 10.1. The maximum absolute atomic E-state index is 13.2. The zero-order valence-electron chi connectivity index (χ0n) is 13.6. The predicted molar refractivity (Wildman–Crippen MR) is 107 cm³/mol. The Morgan fingerprint density at radius 2 is 2.13 bits per heavy atom. The van der Waals surface area contributed by atoms with Crippen LogP contribution in [-0.2, 0) is 6.54 Å². The van der Waals surface area contributed by atoms with Crippen molar-refractivity contribution in [3.63, 3.8) is 0 Å². The van der Waals surface area contributed by atoms with Crippen molar-refractivity contribution in [2.45, 2.75) is 19.4 Å². The van der Waals surface area contributed by atoms with E-state index in [4.69, 9.17) is 0 Å². The summed E-state index contributed by atoms with van der Waals surface area (Å²) >= 11 is 1.77. The van der Waals surface area contributed by atoms with E-state index in [2.05, 4.69) is 34.7 Å². The molecule has 1 heterocycles. The first kappa shape index (κ1) is 19.9. The molecule has 6 heteroatoms. The molecule has 3 nitrogen and oxygen atoms in total. The molecule has 0 spiro atoms. The third-order valence-corrected chi connectivity index (χ3v) is 4.58.